The van der Waals surface area contributed by atoms with Gasteiger partial charge in [0.2, 0.25) is 0 Å². The Kier molecular flexibility index (Phi) is 6.66. The maximum atomic E-state index is 13.9. The van der Waals surface area contributed by atoms with Crippen LogP contribution in [0.4, 0.5) is 15.9 Å². The highest BCUT2D eigenvalue weighted by Crippen LogP contribution is 2.22. The van der Waals surface area contributed by atoms with E-state index in [1.165, 1.54) is 41.4 Å². The van der Waals surface area contributed by atoms with Crippen molar-refractivity contribution < 1.29 is 27.1 Å². The molecule has 1 N–H and O–H groups in total. The average Bonchev–Trinajstić information content (AvgIpc) is 3.08. The minimum atomic E-state index is -3.15. The van der Waals surface area contributed by atoms with Gasteiger partial charge >= 0.3 is 5.97 Å². The second kappa shape index (κ2) is 9.21. The molecule has 1 saturated heterocycles. The van der Waals surface area contributed by atoms with Gasteiger partial charge in [0.15, 0.2) is 16.4 Å². The Morgan fingerprint density at radius 1 is 1.27 bits per heavy atom. The molecule has 30 heavy (non-hydrogen) atoms. The lowest BCUT2D eigenvalue weighted by molar-refractivity contribution is -0.136. The van der Waals surface area contributed by atoms with Gasteiger partial charge in [-0.1, -0.05) is 12.1 Å². The van der Waals surface area contributed by atoms with Crippen molar-refractivity contribution in [1.29, 1.82) is 0 Å². The summed E-state index contributed by atoms with van der Waals surface area (Å²) in [6.45, 7) is 1.52. The van der Waals surface area contributed by atoms with Gasteiger partial charge in [-0.2, -0.15) is 0 Å². The summed E-state index contributed by atoms with van der Waals surface area (Å²) in [6, 6.07) is 8.49. The smallest absolute Gasteiger partial charge is 0.342 e. The van der Waals surface area contributed by atoms with Gasteiger partial charge in [0.1, 0.15) is 17.2 Å². The Balaban J connectivity index is 1.66. The predicted octanol–water partition coefficient (Wildman–Crippen LogP) is 2.16. The van der Waals surface area contributed by atoms with E-state index in [1.807, 2.05) is 0 Å². The molecule has 3 rings (SSSR count). The molecule has 8 nitrogen and oxygen atoms in total. The molecule has 0 spiro atoms. The number of likely N-dealkylation sites (N-methyl/N-ethyl adjacent to an activating group) is 1. The maximum Gasteiger partial charge on any atom is 0.342 e. The first-order valence-electron chi connectivity index (χ1n) is 9.44. The third-order valence-corrected chi connectivity index (χ3v) is 6.54. The normalized spacial score (nSPS) is 17.3. The number of halogens is 1. The molecule has 1 atom stereocenters. The molecule has 1 aromatic heterocycles. The summed E-state index contributed by atoms with van der Waals surface area (Å²) >= 11 is 0. The van der Waals surface area contributed by atoms with Crippen LogP contribution >= 0.6 is 0 Å². The molecule has 0 unspecified atom stereocenters. The number of ether oxygens (including phenoxy) is 1. The van der Waals surface area contributed by atoms with Crippen molar-refractivity contribution in [2.24, 2.45) is 0 Å². The molecule has 0 bridgehead atoms. The van der Waals surface area contributed by atoms with Crippen molar-refractivity contribution in [3.63, 3.8) is 0 Å². The van der Waals surface area contributed by atoms with Crippen LogP contribution in [-0.4, -0.2) is 60.9 Å². The van der Waals surface area contributed by atoms with Gasteiger partial charge < -0.3 is 15.0 Å². The number of nitrogens with zero attached hydrogens (tertiary/aromatic N) is 2. The predicted molar refractivity (Wildman–Crippen MR) is 109 cm³/mol. The van der Waals surface area contributed by atoms with E-state index in [4.69, 9.17) is 4.74 Å². The lowest BCUT2D eigenvalue weighted by Gasteiger charge is -2.26. The number of para-hydroxylation sites is 1. The van der Waals surface area contributed by atoms with E-state index in [2.05, 4.69) is 10.3 Å². The summed E-state index contributed by atoms with van der Waals surface area (Å²) in [7, 11) is -3.15. The number of rotatable bonds is 7. The largest absolute Gasteiger partial charge is 0.452 e. The molecule has 0 radical (unpaired) electrons. The fraction of sp³-hybridized carbons (Fsp3) is 0.350. The second-order valence-corrected chi connectivity index (χ2v) is 9.05. The van der Waals surface area contributed by atoms with Crippen molar-refractivity contribution in [3.8, 4) is 0 Å². The number of amides is 1. The summed E-state index contributed by atoms with van der Waals surface area (Å²) in [6.07, 6.45) is 1.81. The molecule has 1 amide bonds. The summed E-state index contributed by atoms with van der Waals surface area (Å²) in [5, 5.41) is 2.75. The molecule has 2 aromatic rings. The summed E-state index contributed by atoms with van der Waals surface area (Å²) in [4.78, 5) is 30.5. The first kappa shape index (κ1) is 21.7. The summed E-state index contributed by atoms with van der Waals surface area (Å²) < 4.78 is 42.4. The van der Waals surface area contributed by atoms with Crippen LogP contribution in [0.15, 0.2) is 42.6 Å². The third kappa shape index (κ3) is 5.12. The van der Waals surface area contributed by atoms with E-state index < -0.39 is 40.2 Å². The Morgan fingerprint density at radius 3 is 2.70 bits per heavy atom. The van der Waals surface area contributed by atoms with Crippen LogP contribution in [0.25, 0.3) is 0 Å². The van der Waals surface area contributed by atoms with Gasteiger partial charge in [-0.3, -0.25) is 4.79 Å². The lowest BCUT2D eigenvalue weighted by Crippen LogP contribution is -2.43. The SMILES string of the molecule is CCN(C(=O)COC(=O)c1cccnc1Nc1ccccc1F)[C@@H]1CCS(=O)(=O)C1. The van der Waals surface area contributed by atoms with E-state index in [9.17, 15) is 22.4 Å². The Bertz CT molecular complexity index is 1040. The van der Waals surface area contributed by atoms with Gasteiger partial charge in [-0.05, 0) is 37.6 Å². The van der Waals surface area contributed by atoms with Crippen molar-refractivity contribution in [3.05, 3.63) is 54.0 Å². The van der Waals surface area contributed by atoms with Crippen LogP contribution in [-0.2, 0) is 19.4 Å². The lowest BCUT2D eigenvalue weighted by atomic mass is 10.2. The van der Waals surface area contributed by atoms with Crippen LogP contribution in [0.1, 0.15) is 23.7 Å². The summed E-state index contributed by atoms with van der Waals surface area (Å²) in [5.74, 6) is -1.73. The molecular weight excluding hydrogens is 413 g/mol. The topological polar surface area (TPSA) is 106 Å². The number of benzene rings is 1. The van der Waals surface area contributed by atoms with Crippen LogP contribution in [0.3, 0.4) is 0 Å². The van der Waals surface area contributed by atoms with Crippen molar-refractivity contribution in [2.75, 3.05) is 30.0 Å². The van der Waals surface area contributed by atoms with E-state index in [-0.39, 0.29) is 28.6 Å². The van der Waals surface area contributed by atoms with Gasteiger partial charge in [-0.25, -0.2) is 22.6 Å². The van der Waals surface area contributed by atoms with Gasteiger partial charge in [0.05, 0.1) is 17.2 Å². The number of esters is 1. The van der Waals surface area contributed by atoms with E-state index in [0.717, 1.165) is 0 Å². The first-order chi connectivity index (χ1) is 14.3. The first-order valence-corrected chi connectivity index (χ1v) is 11.3. The molecule has 1 aliphatic rings. The molecule has 0 saturated carbocycles. The number of aromatic nitrogens is 1. The average molecular weight is 435 g/mol. The highest BCUT2D eigenvalue weighted by molar-refractivity contribution is 7.91. The molecule has 1 aliphatic heterocycles. The monoisotopic (exact) mass is 435 g/mol. The summed E-state index contributed by atoms with van der Waals surface area (Å²) in [5.41, 5.74) is 0.181. The van der Waals surface area contributed by atoms with E-state index in [0.29, 0.717) is 13.0 Å². The molecule has 2 heterocycles. The minimum Gasteiger partial charge on any atom is -0.452 e. The molecular formula is C20H22FN3O5S. The maximum absolute atomic E-state index is 13.9. The fourth-order valence-electron chi connectivity index (χ4n) is 3.31. The highest BCUT2D eigenvalue weighted by Gasteiger charge is 2.34. The number of hydrogen-bond acceptors (Lipinski definition) is 7. The van der Waals surface area contributed by atoms with Gasteiger partial charge in [0, 0.05) is 18.8 Å². The number of carbonyl (C=O) groups is 2. The zero-order valence-corrected chi connectivity index (χ0v) is 17.2. The Labute approximate surface area is 174 Å². The van der Waals surface area contributed by atoms with Crippen molar-refractivity contribution in [2.45, 2.75) is 19.4 Å². The Hall–Kier alpha value is -3.01. The quantitative estimate of drug-likeness (QED) is 0.665. The fourth-order valence-corrected chi connectivity index (χ4v) is 5.04. The van der Waals surface area contributed by atoms with Crippen molar-refractivity contribution in [1.82, 2.24) is 9.88 Å². The molecule has 10 heteroatoms. The number of carbonyl (C=O) groups excluding carboxylic acids is 2. The van der Waals surface area contributed by atoms with Crippen LogP contribution in [0, 0.1) is 5.82 Å². The number of pyridine rings is 1. The molecule has 160 valence electrons. The van der Waals surface area contributed by atoms with Crippen LogP contribution in [0.2, 0.25) is 0 Å². The zero-order chi connectivity index (χ0) is 21.7. The zero-order valence-electron chi connectivity index (χ0n) is 16.4. The standard InChI is InChI=1S/C20H22FN3O5S/c1-2-24(14-9-11-30(27,28)13-14)18(25)12-29-20(26)15-6-5-10-22-19(15)23-17-8-4-3-7-16(17)21/h3-8,10,14H,2,9,11-13H2,1H3,(H,22,23)/t14-/m1/s1. The van der Waals surface area contributed by atoms with Crippen LogP contribution < -0.4 is 5.32 Å². The number of sulfone groups is 1. The number of anilines is 2. The second-order valence-electron chi connectivity index (χ2n) is 6.82. The van der Waals surface area contributed by atoms with E-state index in [1.54, 1.807) is 13.0 Å². The van der Waals surface area contributed by atoms with Gasteiger partial charge in [-0.15, -0.1) is 0 Å². The van der Waals surface area contributed by atoms with Crippen LogP contribution in [0.5, 0.6) is 0 Å². The molecule has 1 fully saturated rings. The number of nitrogens with one attached hydrogen (secondary N) is 1. The molecule has 0 aliphatic carbocycles. The Morgan fingerprint density at radius 2 is 2.03 bits per heavy atom. The van der Waals surface area contributed by atoms with Gasteiger partial charge in [0.25, 0.3) is 5.91 Å². The molecule has 1 aromatic carbocycles. The minimum absolute atomic E-state index is 0.0417. The highest BCUT2D eigenvalue weighted by atomic mass is 32.2. The van der Waals surface area contributed by atoms with E-state index >= 15 is 0 Å². The van der Waals surface area contributed by atoms with Crippen molar-refractivity contribution >= 4 is 33.2 Å². The third-order valence-electron chi connectivity index (χ3n) is 4.79. The number of hydrogen-bond donors (Lipinski definition) is 1.